The molecule has 0 spiro atoms. The van der Waals surface area contributed by atoms with E-state index in [1.807, 2.05) is 0 Å². The van der Waals surface area contributed by atoms with E-state index in [0.717, 1.165) is 5.39 Å². The number of benzene rings is 1. The van der Waals surface area contributed by atoms with E-state index in [0.29, 0.717) is 5.52 Å². The van der Waals surface area contributed by atoms with E-state index < -0.39 is 42.7 Å². The van der Waals surface area contributed by atoms with Gasteiger partial charge in [0.1, 0.15) is 23.6 Å². The molecule has 152 valence electrons. The van der Waals surface area contributed by atoms with Gasteiger partial charge in [0, 0.05) is 11.5 Å². The summed E-state index contributed by atoms with van der Waals surface area (Å²) < 4.78 is 62.5. The third-order valence-corrected chi connectivity index (χ3v) is 4.98. The molecule has 0 amide bonds. The summed E-state index contributed by atoms with van der Waals surface area (Å²) in [5.41, 5.74) is -2.75. The number of pyridine rings is 1. The lowest BCUT2D eigenvalue weighted by Crippen LogP contribution is -2.61. The van der Waals surface area contributed by atoms with Gasteiger partial charge in [-0.1, -0.05) is 11.6 Å². The maximum atomic E-state index is 13.7. The highest BCUT2D eigenvalue weighted by atomic mass is 35.5. The minimum absolute atomic E-state index is 0.259. The van der Waals surface area contributed by atoms with Crippen LogP contribution in [0.4, 0.5) is 13.2 Å². The van der Waals surface area contributed by atoms with Gasteiger partial charge in [-0.3, -0.25) is 0 Å². The molecule has 0 saturated carbocycles. The summed E-state index contributed by atoms with van der Waals surface area (Å²) in [6.07, 6.45) is -9.81. The van der Waals surface area contributed by atoms with Crippen LogP contribution in [0.2, 0.25) is 5.15 Å². The quantitative estimate of drug-likeness (QED) is 0.769. The van der Waals surface area contributed by atoms with Gasteiger partial charge in [-0.15, -0.1) is 0 Å². The van der Waals surface area contributed by atoms with Gasteiger partial charge in [-0.25, -0.2) is 4.98 Å². The lowest BCUT2D eigenvalue weighted by Gasteiger charge is -2.34. The summed E-state index contributed by atoms with van der Waals surface area (Å²) in [6, 6.07) is 8.20. The molecule has 2 aromatic rings. The van der Waals surface area contributed by atoms with Crippen LogP contribution < -0.4 is 4.74 Å². The van der Waals surface area contributed by atoms with Crippen LogP contribution in [0.25, 0.3) is 10.9 Å². The van der Waals surface area contributed by atoms with Crippen LogP contribution in [-0.2, 0) is 14.2 Å². The Morgan fingerprint density at radius 1 is 1.21 bits per heavy atom. The van der Waals surface area contributed by atoms with E-state index in [4.69, 9.17) is 30.5 Å². The Morgan fingerprint density at radius 3 is 2.64 bits per heavy atom. The molecule has 0 aliphatic carbocycles. The van der Waals surface area contributed by atoms with Gasteiger partial charge in [-0.05, 0) is 38.1 Å². The number of halogens is 4. The Balaban J connectivity index is 1.56. The highest BCUT2D eigenvalue weighted by molar-refractivity contribution is 6.29. The van der Waals surface area contributed by atoms with Gasteiger partial charge in [0.2, 0.25) is 5.60 Å². The molecule has 4 rings (SSSR count). The molecule has 1 aromatic carbocycles. The first kappa shape index (κ1) is 19.7. The summed E-state index contributed by atoms with van der Waals surface area (Å²) in [4.78, 5) is 4.13. The zero-order valence-electron chi connectivity index (χ0n) is 14.9. The molecular formula is C18H17ClF3NO5. The van der Waals surface area contributed by atoms with Gasteiger partial charge >= 0.3 is 6.18 Å². The number of hydrogen-bond acceptors (Lipinski definition) is 6. The highest BCUT2D eigenvalue weighted by Gasteiger charge is 2.74. The zero-order chi connectivity index (χ0) is 20.3. The molecule has 2 saturated heterocycles. The number of aliphatic hydroxyl groups is 1. The van der Waals surface area contributed by atoms with Gasteiger partial charge in [-0.2, -0.15) is 13.2 Å². The Kier molecular flexibility index (Phi) is 4.51. The Morgan fingerprint density at radius 2 is 1.93 bits per heavy atom. The molecule has 28 heavy (non-hydrogen) atoms. The minimum atomic E-state index is -5.01. The summed E-state index contributed by atoms with van der Waals surface area (Å²) in [5, 5.41) is 11.6. The van der Waals surface area contributed by atoms with E-state index in [1.54, 1.807) is 30.3 Å². The van der Waals surface area contributed by atoms with E-state index in [2.05, 4.69) is 4.98 Å². The first-order chi connectivity index (χ1) is 13.0. The van der Waals surface area contributed by atoms with Crippen LogP contribution in [-0.4, -0.2) is 52.8 Å². The first-order valence-corrected chi connectivity index (χ1v) is 8.87. The van der Waals surface area contributed by atoms with Gasteiger partial charge < -0.3 is 24.1 Å². The Bertz CT molecular complexity index is 908. The maximum absolute atomic E-state index is 13.7. The van der Waals surface area contributed by atoms with E-state index in [-0.39, 0.29) is 10.9 Å². The predicted molar refractivity (Wildman–Crippen MR) is 92.0 cm³/mol. The highest BCUT2D eigenvalue weighted by Crippen LogP contribution is 2.50. The Hall–Kier alpha value is -1.65. The second-order valence-electron chi connectivity index (χ2n) is 7.17. The molecule has 1 N–H and O–H groups in total. The molecule has 4 atom stereocenters. The lowest BCUT2D eigenvalue weighted by atomic mass is 9.92. The SMILES string of the molecule is CC1(C)O[C@H]2O[C@H](COc3ccc4ccc(Cl)nc4c3)[C@](O)(C(F)(F)F)[C@H]2O1. The van der Waals surface area contributed by atoms with E-state index >= 15 is 0 Å². The van der Waals surface area contributed by atoms with Crippen LogP contribution in [0.3, 0.4) is 0 Å². The maximum Gasteiger partial charge on any atom is 0.422 e. The number of nitrogens with zero attached hydrogens (tertiary/aromatic N) is 1. The van der Waals surface area contributed by atoms with E-state index in [1.165, 1.54) is 13.8 Å². The monoisotopic (exact) mass is 419 g/mol. The number of rotatable bonds is 3. The van der Waals surface area contributed by atoms with Crippen molar-refractivity contribution in [3.8, 4) is 5.75 Å². The third-order valence-electron chi connectivity index (χ3n) is 4.77. The number of alkyl halides is 3. The lowest BCUT2D eigenvalue weighted by molar-refractivity contribution is -0.316. The summed E-state index contributed by atoms with van der Waals surface area (Å²) >= 11 is 5.86. The van der Waals surface area contributed by atoms with Crippen molar-refractivity contribution >= 4 is 22.5 Å². The smallest absolute Gasteiger partial charge is 0.422 e. The predicted octanol–water partition coefficient (Wildman–Crippen LogP) is 3.44. The molecule has 1 aromatic heterocycles. The molecule has 2 aliphatic rings. The number of fused-ring (bicyclic) bond motifs is 2. The topological polar surface area (TPSA) is 70.0 Å². The van der Waals surface area contributed by atoms with Gasteiger partial charge in [0.15, 0.2) is 18.2 Å². The molecule has 3 heterocycles. The summed E-state index contributed by atoms with van der Waals surface area (Å²) in [5.74, 6) is -1.04. The fourth-order valence-corrected chi connectivity index (χ4v) is 3.57. The molecule has 2 fully saturated rings. The second kappa shape index (κ2) is 6.43. The van der Waals surface area contributed by atoms with Crippen molar-refractivity contribution in [3.05, 3.63) is 35.5 Å². The van der Waals surface area contributed by atoms with Crippen molar-refractivity contribution in [2.24, 2.45) is 0 Å². The molecule has 0 bridgehead atoms. The normalized spacial score (nSPS) is 31.9. The van der Waals surface area contributed by atoms with Gasteiger partial charge in [0.05, 0.1) is 5.52 Å². The average Bonchev–Trinajstić information content (AvgIpc) is 3.03. The molecule has 10 heteroatoms. The van der Waals surface area contributed by atoms with Crippen molar-refractivity contribution in [1.82, 2.24) is 4.98 Å². The number of ether oxygens (including phenoxy) is 4. The Labute approximate surface area is 163 Å². The van der Waals surface area contributed by atoms with Crippen molar-refractivity contribution in [3.63, 3.8) is 0 Å². The van der Waals surface area contributed by atoms with Crippen molar-refractivity contribution < 1.29 is 37.2 Å². The molecule has 0 unspecified atom stereocenters. The van der Waals surface area contributed by atoms with Gasteiger partial charge in [0.25, 0.3) is 0 Å². The summed E-state index contributed by atoms with van der Waals surface area (Å²) in [7, 11) is 0. The van der Waals surface area contributed by atoms with Crippen LogP contribution in [0.1, 0.15) is 13.8 Å². The second-order valence-corrected chi connectivity index (χ2v) is 7.56. The first-order valence-electron chi connectivity index (χ1n) is 8.49. The fourth-order valence-electron chi connectivity index (χ4n) is 3.42. The molecular weight excluding hydrogens is 403 g/mol. The minimum Gasteiger partial charge on any atom is -0.491 e. The van der Waals surface area contributed by atoms with E-state index in [9.17, 15) is 18.3 Å². The van der Waals surface area contributed by atoms with Crippen molar-refractivity contribution in [1.29, 1.82) is 0 Å². The number of hydrogen-bond donors (Lipinski definition) is 1. The largest absolute Gasteiger partial charge is 0.491 e. The number of aromatic nitrogens is 1. The van der Waals surface area contributed by atoms with Crippen LogP contribution >= 0.6 is 11.6 Å². The average molecular weight is 420 g/mol. The third kappa shape index (κ3) is 3.21. The fraction of sp³-hybridized carbons (Fsp3) is 0.500. The summed E-state index contributed by atoms with van der Waals surface area (Å²) in [6.45, 7) is 2.33. The molecule has 6 nitrogen and oxygen atoms in total. The van der Waals surface area contributed by atoms with Crippen molar-refractivity contribution in [2.45, 2.75) is 49.9 Å². The molecule has 0 radical (unpaired) electrons. The van der Waals surface area contributed by atoms with Crippen LogP contribution in [0.15, 0.2) is 30.3 Å². The van der Waals surface area contributed by atoms with Crippen molar-refractivity contribution in [2.75, 3.05) is 6.61 Å². The molecule has 2 aliphatic heterocycles. The van der Waals surface area contributed by atoms with Crippen LogP contribution in [0, 0.1) is 0 Å². The standard InChI is InChI=1S/C18H17ClF3NO5/c1-16(2)27-14-15(28-16)26-12(17(14,24)18(20,21)22)8-25-10-5-3-9-4-6-13(19)23-11(9)7-10/h3-7,12,14-15,24H,8H2,1-2H3/t12-,14+,15-,17-/m1/s1. The zero-order valence-corrected chi connectivity index (χ0v) is 15.6. The van der Waals surface area contributed by atoms with Crippen LogP contribution in [0.5, 0.6) is 5.75 Å².